The third-order valence-electron chi connectivity index (χ3n) is 3.92. The van der Waals surface area contributed by atoms with E-state index in [2.05, 4.69) is 4.99 Å². The number of aliphatic imine (C=N–C) groups is 1. The third kappa shape index (κ3) is 4.24. The molecule has 1 aliphatic rings. The van der Waals surface area contributed by atoms with E-state index >= 15 is 0 Å². The second-order valence-electron chi connectivity index (χ2n) is 5.99. The topological polar surface area (TPSA) is 79.1 Å². The first-order valence-electron chi connectivity index (χ1n) is 8.54. The van der Waals surface area contributed by atoms with Gasteiger partial charge in [0.05, 0.1) is 22.2 Å². The van der Waals surface area contributed by atoms with Crippen LogP contribution in [-0.2, 0) is 9.53 Å². The zero-order chi connectivity index (χ0) is 20.3. The second-order valence-corrected chi connectivity index (χ2v) is 7.42. The molecule has 0 amide bonds. The molecule has 28 heavy (non-hydrogen) atoms. The predicted octanol–water partition coefficient (Wildman–Crippen LogP) is 5.55. The van der Waals surface area contributed by atoms with Gasteiger partial charge in [0, 0.05) is 5.56 Å². The number of nitrogens with zero attached hydrogens (tertiary/aromatic N) is 1. The number of carbonyl (C=O) groups excluding carboxylic acids is 1. The first kappa shape index (κ1) is 20.0. The van der Waals surface area contributed by atoms with Crippen LogP contribution in [0.15, 0.2) is 63.7 Å². The molecule has 1 heterocycles. The van der Waals surface area contributed by atoms with E-state index in [0.717, 1.165) is 17.3 Å². The van der Waals surface area contributed by atoms with Gasteiger partial charge in [-0.3, -0.25) is 0 Å². The standard InChI is InChI=1S/C21H18ClNO4S/c1-3-27-21(26)18-19(25)17(11-13-9-8-12(2)10-16(13)24)28-20(18)23-15-7-5-4-6-14(15)22/h4-11,24-25H,3H2,1-2H3. The van der Waals surface area contributed by atoms with Crippen molar-refractivity contribution in [2.75, 3.05) is 6.61 Å². The zero-order valence-corrected chi connectivity index (χ0v) is 16.8. The van der Waals surface area contributed by atoms with E-state index in [1.165, 1.54) is 0 Å². The molecular weight excluding hydrogens is 398 g/mol. The van der Waals surface area contributed by atoms with E-state index in [0.29, 0.717) is 21.2 Å². The van der Waals surface area contributed by atoms with Gasteiger partial charge in [-0.25, -0.2) is 9.79 Å². The molecular formula is C21H18ClNO4S. The molecule has 7 heteroatoms. The van der Waals surface area contributed by atoms with Crippen molar-refractivity contribution in [2.24, 2.45) is 4.99 Å². The average molecular weight is 416 g/mol. The fourth-order valence-corrected chi connectivity index (χ4v) is 3.76. The molecule has 5 nitrogen and oxygen atoms in total. The Balaban J connectivity index is 2.08. The van der Waals surface area contributed by atoms with Gasteiger partial charge in [-0.2, -0.15) is 0 Å². The Bertz CT molecular complexity index is 1030. The number of esters is 1. The van der Waals surface area contributed by atoms with Crippen molar-refractivity contribution in [3.63, 3.8) is 0 Å². The maximum absolute atomic E-state index is 12.4. The van der Waals surface area contributed by atoms with E-state index in [9.17, 15) is 15.0 Å². The molecule has 0 saturated heterocycles. The fraction of sp³-hybridized carbons (Fsp3) is 0.143. The number of para-hydroxylation sites is 1. The monoisotopic (exact) mass is 415 g/mol. The molecule has 0 saturated carbocycles. The number of aliphatic hydroxyl groups is 1. The molecule has 144 valence electrons. The number of hydrogen-bond acceptors (Lipinski definition) is 6. The number of rotatable bonds is 4. The van der Waals surface area contributed by atoms with Gasteiger partial charge in [0.25, 0.3) is 0 Å². The molecule has 0 aliphatic carbocycles. The Morgan fingerprint density at radius 1 is 1.25 bits per heavy atom. The Kier molecular flexibility index (Phi) is 6.11. The molecule has 0 radical (unpaired) electrons. The van der Waals surface area contributed by atoms with Gasteiger partial charge in [-0.15, -0.1) is 0 Å². The van der Waals surface area contributed by atoms with Crippen LogP contribution in [0, 0.1) is 6.92 Å². The quantitative estimate of drug-likeness (QED) is 0.640. The van der Waals surface area contributed by atoms with Crippen molar-refractivity contribution in [1.29, 1.82) is 0 Å². The van der Waals surface area contributed by atoms with E-state index < -0.39 is 5.97 Å². The number of hydrogen-bond donors (Lipinski definition) is 2. The van der Waals surface area contributed by atoms with E-state index in [-0.39, 0.29) is 28.7 Å². The van der Waals surface area contributed by atoms with Crippen LogP contribution in [0.1, 0.15) is 18.1 Å². The Hall–Kier alpha value is -2.70. The van der Waals surface area contributed by atoms with Crippen LogP contribution in [-0.4, -0.2) is 27.8 Å². The number of halogens is 1. The minimum absolute atomic E-state index is 0.0235. The minimum atomic E-state index is -0.671. The van der Waals surface area contributed by atoms with Crippen LogP contribution in [0.5, 0.6) is 5.75 Å². The summed E-state index contributed by atoms with van der Waals surface area (Å²) in [4.78, 5) is 17.2. The van der Waals surface area contributed by atoms with Crippen LogP contribution >= 0.6 is 23.4 Å². The number of aryl methyl sites for hydroxylation is 1. The molecule has 0 unspecified atom stereocenters. The molecule has 0 bridgehead atoms. The van der Waals surface area contributed by atoms with Crippen molar-refractivity contribution < 1.29 is 19.7 Å². The van der Waals surface area contributed by atoms with Crippen molar-refractivity contribution in [1.82, 2.24) is 0 Å². The summed E-state index contributed by atoms with van der Waals surface area (Å²) in [5.74, 6) is -0.834. The lowest BCUT2D eigenvalue weighted by Gasteiger charge is -2.04. The van der Waals surface area contributed by atoms with Crippen molar-refractivity contribution in [2.45, 2.75) is 13.8 Å². The second kappa shape index (κ2) is 8.54. The van der Waals surface area contributed by atoms with Gasteiger partial charge in [0.15, 0.2) is 0 Å². The van der Waals surface area contributed by atoms with Crippen molar-refractivity contribution in [3.05, 3.63) is 74.9 Å². The fourth-order valence-electron chi connectivity index (χ4n) is 2.56. The Morgan fingerprint density at radius 3 is 2.68 bits per heavy atom. The SMILES string of the molecule is CCOC(=O)C1=C(O)C(=Cc2ccc(C)cc2O)SC1=Nc1ccccc1Cl. The summed E-state index contributed by atoms with van der Waals surface area (Å²) in [7, 11) is 0. The van der Waals surface area contributed by atoms with Gasteiger partial charge in [0.2, 0.25) is 0 Å². The minimum Gasteiger partial charge on any atom is -0.507 e. The number of carbonyl (C=O) groups is 1. The summed E-state index contributed by atoms with van der Waals surface area (Å²) in [6, 6.07) is 12.2. The number of phenols is 1. The summed E-state index contributed by atoms with van der Waals surface area (Å²) < 4.78 is 5.07. The van der Waals surface area contributed by atoms with Gasteiger partial charge in [-0.1, -0.05) is 47.6 Å². The van der Waals surface area contributed by atoms with E-state index in [1.807, 2.05) is 13.0 Å². The van der Waals surface area contributed by atoms with Crippen LogP contribution in [0.2, 0.25) is 5.02 Å². The number of aliphatic hydroxyl groups excluding tert-OH is 1. The van der Waals surface area contributed by atoms with Crippen molar-refractivity contribution >= 4 is 46.1 Å². The Morgan fingerprint density at radius 2 is 2.00 bits per heavy atom. The van der Waals surface area contributed by atoms with Crippen LogP contribution in [0.4, 0.5) is 5.69 Å². The van der Waals surface area contributed by atoms with Crippen LogP contribution in [0.3, 0.4) is 0 Å². The molecule has 0 atom stereocenters. The number of phenolic OH excluding ortho intramolecular Hbond substituents is 1. The molecule has 2 N–H and O–H groups in total. The highest BCUT2D eigenvalue weighted by Gasteiger charge is 2.33. The highest BCUT2D eigenvalue weighted by molar-refractivity contribution is 8.18. The number of aromatic hydroxyl groups is 1. The molecule has 1 aliphatic heterocycles. The van der Waals surface area contributed by atoms with Crippen LogP contribution in [0.25, 0.3) is 6.08 Å². The highest BCUT2D eigenvalue weighted by Crippen LogP contribution is 2.41. The molecule has 3 rings (SSSR count). The average Bonchev–Trinajstić information content (AvgIpc) is 2.95. The maximum Gasteiger partial charge on any atom is 0.344 e. The zero-order valence-electron chi connectivity index (χ0n) is 15.3. The molecule has 0 fully saturated rings. The molecule has 2 aromatic rings. The third-order valence-corrected chi connectivity index (χ3v) is 5.26. The van der Waals surface area contributed by atoms with Gasteiger partial charge in [0.1, 0.15) is 22.1 Å². The van der Waals surface area contributed by atoms with Gasteiger partial charge >= 0.3 is 5.97 Å². The summed E-state index contributed by atoms with van der Waals surface area (Å²) in [5.41, 5.74) is 1.87. The Labute approximate surface area is 172 Å². The summed E-state index contributed by atoms with van der Waals surface area (Å²) >= 11 is 7.28. The lowest BCUT2D eigenvalue weighted by molar-refractivity contribution is -0.138. The van der Waals surface area contributed by atoms with Crippen molar-refractivity contribution in [3.8, 4) is 5.75 Å². The summed E-state index contributed by atoms with van der Waals surface area (Å²) in [5, 5.41) is 21.5. The van der Waals surface area contributed by atoms with Gasteiger partial charge < -0.3 is 14.9 Å². The smallest absolute Gasteiger partial charge is 0.344 e. The molecule has 0 spiro atoms. The highest BCUT2D eigenvalue weighted by atomic mass is 35.5. The van der Waals surface area contributed by atoms with E-state index in [4.69, 9.17) is 16.3 Å². The first-order chi connectivity index (χ1) is 13.4. The first-order valence-corrected chi connectivity index (χ1v) is 9.73. The van der Waals surface area contributed by atoms with Gasteiger partial charge in [-0.05, 0) is 43.7 Å². The maximum atomic E-state index is 12.4. The largest absolute Gasteiger partial charge is 0.507 e. The lowest BCUT2D eigenvalue weighted by atomic mass is 10.1. The molecule has 2 aromatic carbocycles. The number of benzene rings is 2. The van der Waals surface area contributed by atoms with Crippen LogP contribution < -0.4 is 0 Å². The lowest BCUT2D eigenvalue weighted by Crippen LogP contribution is -2.12. The normalized spacial score (nSPS) is 16.8. The number of thioether (sulfide) groups is 1. The predicted molar refractivity (Wildman–Crippen MR) is 113 cm³/mol. The van der Waals surface area contributed by atoms with E-state index in [1.54, 1.807) is 49.4 Å². The molecule has 0 aromatic heterocycles. The summed E-state index contributed by atoms with van der Waals surface area (Å²) in [6.45, 7) is 3.71. The number of ether oxygens (including phenoxy) is 1. The summed E-state index contributed by atoms with van der Waals surface area (Å²) in [6.07, 6.45) is 1.60.